The first-order valence-electron chi connectivity index (χ1n) is 6.07. The molecule has 2 heteroatoms. The number of carbonyl (C=O) groups is 1. The lowest BCUT2D eigenvalue weighted by Crippen LogP contribution is -2.00. The van der Waals surface area contributed by atoms with Gasteiger partial charge in [-0.2, -0.15) is 0 Å². The zero-order chi connectivity index (χ0) is 13.0. The Kier molecular flexibility index (Phi) is 3.78. The summed E-state index contributed by atoms with van der Waals surface area (Å²) in [5, 5.41) is 0. The lowest BCUT2D eigenvalue weighted by molar-refractivity contribution is -0.131. The molecule has 0 fully saturated rings. The van der Waals surface area contributed by atoms with Gasteiger partial charge in [0.05, 0.1) is 0 Å². The van der Waals surface area contributed by atoms with Crippen LogP contribution in [0.4, 0.5) is 0 Å². The molecule has 0 radical (unpaired) electrons. The van der Waals surface area contributed by atoms with E-state index in [1.165, 1.54) is 18.1 Å². The number of benzene rings is 2. The molecule has 2 aromatic carbocycles. The molecule has 0 amide bonds. The van der Waals surface area contributed by atoms with Crippen LogP contribution in [0.1, 0.15) is 19.4 Å². The highest BCUT2D eigenvalue weighted by Crippen LogP contribution is 2.23. The summed E-state index contributed by atoms with van der Waals surface area (Å²) in [6.45, 7) is 3.54. The molecule has 2 nitrogen and oxygen atoms in total. The van der Waals surface area contributed by atoms with E-state index in [1.807, 2.05) is 24.3 Å². The number of hydrogen-bond acceptors (Lipinski definition) is 2. The molecule has 2 rings (SSSR count). The van der Waals surface area contributed by atoms with Crippen molar-refractivity contribution in [3.63, 3.8) is 0 Å². The molecule has 0 saturated heterocycles. The molecule has 2 aromatic rings. The van der Waals surface area contributed by atoms with Gasteiger partial charge in [0.2, 0.25) is 0 Å². The standard InChI is InChI=1S/C16H16O2/c1-3-13-4-6-14(7-5-13)15-8-10-16(11-9-15)18-12(2)17/h4-11H,3H2,1-2H3. The fourth-order valence-electron chi connectivity index (χ4n) is 1.81. The first-order chi connectivity index (χ1) is 8.69. The smallest absolute Gasteiger partial charge is 0.308 e. The van der Waals surface area contributed by atoms with Crippen LogP contribution in [0.3, 0.4) is 0 Å². The number of hydrogen-bond donors (Lipinski definition) is 0. The zero-order valence-corrected chi connectivity index (χ0v) is 10.6. The number of esters is 1. The average Bonchev–Trinajstić information content (AvgIpc) is 2.39. The van der Waals surface area contributed by atoms with Crippen molar-refractivity contribution in [2.24, 2.45) is 0 Å². The summed E-state index contributed by atoms with van der Waals surface area (Å²) >= 11 is 0. The summed E-state index contributed by atoms with van der Waals surface area (Å²) < 4.78 is 5.00. The highest BCUT2D eigenvalue weighted by Gasteiger charge is 2.00. The SMILES string of the molecule is CCc1ccc(-c2ccc(OC(C)=O)cc2)cc1. The maximum absolute atomic E-state index is 10.8. The van der Waals surface area contributed by atoms with Crippen LogP contribution in [0, 0.1) is 0 Å². The maximum Gasteiger partial charge on any atom is 0.308 e. The number of ether oxygens (including phenoxy) is 1. The van der Waals surface area contributed by atoms with Crippen molar-refractivity contribution in [3.8, 4) is 16.9 Å². The molecule has 0 aliphatic carbocycles. The molecule has 18 heavy (non-hydrogen) atoms. The molecular weight excluding hydrogens is 224 g/mol. The van der Waals surface area contributed by atoms with Gasteiger partial charge in [-0.1, -0.05) is 43.3 Å². The first kappa shape index (κ1) is 12.4. The molecule has 0 aromatic heterocycles. The van der Waals surface area contributed by atoms with Crippen LogP contribution in [-0.2, 0) is 11.2 Å². The van der Waals surface area contributed by atoms with Gasteiger partial charge in [0.15, 0.2) is 0 Å². The third-order valence-corrected chi connectivity index (χ3v) is 2.81. The predicted molar refractivity (Wildman–Crippen MR) is 72.6 cm³/mol. The first-order valence-corrected chi connectivity index (χ1v) is 6.07. The van der Waals surface area contributed by atoms with Gasteiger partial charge >= 0.3 is 5.97 Å². The Bertz CT molecular complexity index is 524. The Morgan fingerprint density at radius 3 is 1.89 bits per heavy atom. The fraction of sp³-hybridized carbons (Fsp3) is 0.188. The Balaban J connectivity index is 2.20. The highest BCUT2D eigenvalue weighted by molar-refractivity contribution is 5.70. The Hall–Kier alpha value is -2.09. The molecular formula is C16H16O2. The van der Waals surface area contributed by atoms with E-state index < -0.39 is 0 Å². The second-order valence-corrected chi connectivity index (χ2v) is 4.17. The summed E-state index contributed by atoms with van der Waals surface area (Å²) in [5.74, 6) is 0.284. The van der Waals surface area contributed by atoms with E-state index in [4.69, 9.17) is 4.74 Å². The van der Waals surface area contributed by atoms with Gasteiger partial charge in [0, 0.05) is 6.92 Å². The molecule has 92 valence electrons. The van der Waals surface area contributed by atoms with Crippen LogP contribution in [0.2, 0.25) is 0 Å². The largest absolute Gasteiger partial charge is 0.427 e. The number of carbonyl (C=O) groups excluding carboxylic acids is 1. The summed E-state index contributed by atoms with van der Waals surface area (Å²) in [4.78, 5) is 10.8. The van der Waals surface area contributed by atoms with Crippen molar-refractivity contribution in [1.29, 1.82) is 0 Å². The minimum Gasteiger partial charge on any atom is -0.427 e. The molecule has 0 bridgehead atoms. The lowest BCUT2D eigenvalue weighted by Gasteiger charge is -2.05. The van der Waals surface area contributed by atoms with Crippen LogP contribution in [0.15, 0.2) is 48.5 Å². The summed E-state index contributed by atoms with van der Waals surface area (Å²) in [6.07, 6.45) is 1.05. The second-order valence-electron chi connectivity index (χ2n) is 4.17. The van der Waals surface area contributed by atoms with Gasteiger partial charge in [-0.05, 0) is 35.2 Å². The van der Waals surface area contributed by atoms with E-state index in [0.717, 1.165) is 12.0 Å². The third kappa shape index (κ3) is 2.98. The highest BCUT2D eigenvalue weighted by atomic mass is 16.5. The Morgan fingerprint density at radius 1 is 0.944 bits per heavy atom. The number of rotatable bonds is 3. The average molecular weight is 240 g/mol. The monoisotopic (exact) mass is 240 g/mol. The fourth-order valence-corrected chi connectivity index (χ4v) is 1.81. The van der Waals surface area contributed by atoms with Gasteiger partial charge in [0.1, 0.15) is 5.75 Å². The summed E-state index contributed by atoms with van der Waals surface area (Å²) in [7, 11) is 0. The van der Waals surface area contributed by atoms with Crippen molar-refractivity contribution in [1.82, 2.24) is 0 Å². The van der Waals surface area contributed by atoms with E-state index in [2.05, 4.69) is 31.2 Å². The van der Waals surface area contributed by atoms with Crippen LogP contribution >= 0.6 is 0 Å². The van der Waals surface area contributed by atoms with Crippen LogP contribution in [-0.4, -0.2) is 5.97 Å². The minimum atomic E-state index is -0.296. The van der Waals surface area contributed by atoms with Gasteiger partial charge in [0.25, 0.3) is 0 Å². The molecule has 0 spiro atoms. The van der Waals surface area contributed by atoms with Crippen LogP contribution < -0.4 is 4.74 Å². The van der Waals surface area contributed by atoms with Crippen molar-refractivity contribution in [2.45, 2.75) is 20.3 Å². The molecule has 0 aliphatic heterocycles. The molecule has 0 N–H and O–H groups in total. The van der Waals surface area contributed by atoms with Crippen molar-refractivity contribution >= 4 is 5.97 Å². The number of aryl methyl sites for hydroxylation is 1. The van der Waals surface area contributed by atoms with Gasteiger partial charge in [-0.3, -0.25) is 4.79 Å². The zero-order valence-electron chi connectivity index (χ0n) is 10.6. The maximum atomic E-state index is 10.8. The Morgan fingerprint density at radius 2 is 1.44 bits per heavy atom. The molecule has 0 unspecified atom stereocenters. The van der Waals surface area contributed by atoms with Gasteiger partial charge in [-0.15, -0.1) is 0 Å². The van der Waals surface area contributed by atoms with E-state index >= 15 is 0 Å². The van der Waals surface area contributed by atoms with Gasteiger partial charge in [-0.25, -0.2) is 0 Å². The van der Waals surface area contributed by atoms with Crippen LogP contribution in [0.25, 0.3) is 11.1 Å². The predicted octanol–water partition coefficient (Wildman–Crippen LogP) is 3.84. The quantitative estimate of drug-likeness (QED) is 0.602. The minimum absolute atomic E-state index is 0.296. The van der Waals surface area contributed by atoms with E-state index in [0.29, 0.717) is 5.75 Å². The van der Waals surface area contributed by atoms with E-state index in [1.54, 1.807) is 0 Å². The van der Waals surface area contributed by atoms with E-state index in [-0.39, 0.29) is 5.97 Å². The van der Waals surface area contributed by atoms with Crippen molar-refractivity contribution < 1.29 is 9.53 Å². The molecule has 0 heterocycles. The van der Waals surface area contributed by atoms with Gasteiger partial charge < -0.3 is 4.74 Å². The normalized spacial score (nSPS) is 10.1. The molecule has 0 atom stereocenters. The topological polar surface area (TPSA) is 26.3 Å². The molecule has 0 aliphatic rings. The van der Waals surface area contributed by atoms with Crippen molar-refractivity contribution in [2.75, 3.05) is 0 Å². The third-order valence-electron chi connectivity index (χ3n) is 2.81. The summed E-state index contributed by atoms with van der Waals surface area (Å²) in [5.41, 5.74) is 3.62. The molecule has 0 saturated carbocycles. The lowest BCUT2D eigenvalue weighted by atomic mass is 10.0. The van der Waals surface area contributed by atoms with E-state index in [9.17, 15) is 4.79 Å². The second kappa shape index (κ2) is 5.50. The van der Waals surface area contributed by atoms with Crippen LogP contribution in [0.5, 0.6) is 5.75 Å². The Labute approximate surface area is 107 Å². The van der Waals surface area contributed by atoms with Crippen molar-refractivity contribution in [3.05, 3.63) is 54.1 Å². The summed E-state index contributed by atoms with van der Waals surface area (Å²) in [6, 6.07) is 16.0.